The van der Waals surface area contributed by atoms with Crippen molar-refractivity contribution in [2.24, 2.45) is 0 Å². The first-order valence-corrected chi connectivity index (χ1v) is 9.23. The van der Waals surface area contributed by atoms with Crippen molar-refractivity contribution in [1.82, 2.24) is 10.2 Å². The van der Waals surface area contributed by atoms with Crippen LogP contribution in [-0.4, -0.2) is 29.0 Å². The maximum absolute atomic E-state index is 10.7. The number of thiophene rings is 1. The average molecular weight is 366 g/mol. The van der Waals surface area contributed by atoms with Crippen molar-refractivity contribution >= 4 is 27.9 Å². The van der Waals surface area contributed by atoms with Crippen LogP contribution in [0.1, 0.15) is 23.3 Å². The average Bonchev–Trinajstić information content (AvgIpc) is 3.05. The molecule has 1 aliphatic heterocycles. The van der Waals surface area contributed by atoms with Crippen LogP contribution in [0.15, 0.2) is 36.4 Å². The van der Waals surface area contributed by atoms with E-state index >= 15 is 0 Å². The van der Waals surface area contributed by atoms with E-state index in [0.717, 1.165) is 42.4 Å². The Morgan fingerprint density at radius 3 is 2.79 bits per heavy atom. The summed E-state index contributed by atoms with van der Waals surface area (Å²) in [5, 5.41) is 15.3. The summed E-state index contributed by atoms with van der Waals surface area (Å²) < 4.78 is 0. The molecule has 1 aromatic heterocycles. The van der Waals surface area contributed by atoms with Gasteiger partial charge >= 0.3 is 5.00 Å². The number of piperidine rings is 1. The van der Waals surface area contributed by atoms with Gasteiger partial charge < -0.3 is 5.32 Å². The SMILES string of the molecule is O=[N+]([O-])c1ccc(CNC2CCCN(Cc3ccc(Cl)cc3)C2)s1. The molecule has 0 saturated carbocycles. The summed E-state index contributed by atoms with van der Waals surface area (Å²) in [7, 11) is 0. The second kappa shape index (κ2) is 8.07. The molecule has 1 aliphatic rings. The number of nitrogens with zero attached hydrogens (tertiary/aromatic N) is 2. The summed E-state index contributed by atoms with van der Waals surface area (Å²) >= 11 is 7.18. The zero-order chi connectivity index (χ0) is 16.9. The Labute approximate surface area is 150 Å². The third kappa shape index (κ3) is 4.77. The van der Waals surface area contributed by atoms with E-state index < -0.39 is 0 Å². The number of hydrogen-bond donors (Lipinski definition) is 1. The smallest absolute Gasteiger partial charge is 0.308 e. The van der Waals surface area contributed by atoms with E-state index in [-0.39, 0.29) is 9.92 Å². The van der Waals surface area contributed by atoms with Crippen LogP contribution in [0.25, 0.3) is 0 Å². The quantitative estimate of drug-likeness (QED) is 0.619. The van der Waals surface area contributed by atoms with E-state index in [9.17, 15) is 10.1 Å². The zero-order valence-electron chi connectivity index (χ0n) is 13.3. The van der Waals surface area contributed by atoms with Crippen LogP contribution < -0.4 is 5.32 Å². The highest BCUT2D eigenvalue weighted by molar-refractivity contribution is 7.15. The molecule has 24 heavy (non-hydrogen) atoms. The van der Waals surface area contributed by atoms with Gasteiger partial charge in [-0.25, -0.2) is 0 Å². The fourth-order valence-corrected chi connectivity index (χ4v) is 3.92. The van der Waals surface area contributed by atoms with E-state index in [1.54, 1.807) is 6.07 Å². The molecule has 1 fully saturated rings. The molecule has 0 aliphatic carbocycles. The minimum atomic E-state index is -0.331. The molecular formula is C17H20ClN3O2S. The van der Waals surface area contributed by atoms with Gasteiger partial charge in [-0.3, -0.25) is 15.0 Å². The molecule has 1 unspecified atom stereocenters. The summed E-state index contributed by atoms with van der Waals surface area (Å²) in [5.74, 6) is 0. The van der Waals surface area contributed by atoms with Crippen LogP contribution >= 0.6 is 22.9 Å². The molecule has 0 spiro atoms. The van der Waals surface area contributed by atoms with Crippen molar-refractivity contribution in [1.29, 1.82) is 0 Å². The molecule has 1 aromatic carbocycles. The maximum Gasteiger partial charge on any atom is 0.324 e. The van der Waals surface area contributed by atoms with Crippen LogP contribution in [0.4, 0.5) is 5.00 Å². The summed E-state index contributed by atoms with van der Waals surface area (Å²) in [6.45, 7) is 3.72. The van der Waals surface area contributed by atoms with Crippen LogP contribution in [0.5, 0.6) is 0 Å². The minimum Gasteiger partial charge on any atom is -0.308 e. The fourth-order valence-electron chi connectivity index (χ4n) is 3.02. The molecule has 0 radical (unpaired) electrons. The molecule has 128 valence electrons. The van der Waals surface area contributed by atoms with E-state index in [1.165, 1.54) is 16.9 Å². The molecule has 5 nitrogen and oxygen atoms in total. The Morgan fingerprint density at radius 1 is 1.29 bits per heavy atom. The topological polar surface area (TPSA) is 58.4 Å². The fraction of sp³-hybridized carbons (Fsp3) is 0.412. The Balaban J connectivity index is 1.49. The van der Waals surface area contributed by atoms with Gasteiger partial charge in [0.2, 0.25) is 0 Å². The highest BCUT2D eigenvalue weighted by Crippen LogP contribution is 2.24. The first-order chi connectivity index (χ1) is 11.6. The molecule has 7 heteroatoms. The van der Waals surface area contributed by atoms with E-state index in [4.69, 9.17) is 11.6 Å². The Hall–Kier alpha value is -1.47. The minimum absolute atomic E-state index is 0.208. The standard InChI is InChI=1S/C17H20ClN3O2S/c18-14-5-3-13(4-6-14)11-20-9-1-2-15(12-20)19-10-16-7-8-17(24-16)21(22)23/h3-8,15,19H,1-2,9-12H2. The third-order valence-corrected chi connectivity index (χ3v) is 5.51. The number of halogens is 1. The number of nitro groups is 1. The van der Waals surface area contributed by atoms with Crippen molar-refractivity contribution in [3.8, 4) is 0 Å². The van der Waals surface area contributed by atoms with Gasteiger partial charge in [0.05, 0.1) is 4.92 Å². The van der Waals surface area contributed by atoms with Gasteiger partial charge in [-0.05, 0) is 43.1 Å². The predicted molar refractivity (Wildman–Crippen MR) is 97.6 cm³/mol. The molecule has 1 N–H and O–H groups in total. The monoisotopic (exact) mass is 365 g/mol. The third-order valence-electron chi connectivity index (χ3n) is 4.22. The van der Waals surface area contributed by atoms with E-state index in [1.807, 2.05) is 18.2 Å². The van der Waals surface area contributed by atoms with Crippen molar-refractivity contribution in [3.05, 3.63) is 62.0 Å². The highest BCUT2D eigenvalue weighted by Gasteiger charge is 2.20. The Bertz CT molecular complexity index is 689. The molecule has 0 amide bonds. The highest BCUT2D eigenvalue weighted by atomic mass is 35.5. The van der Waals surface area contributed by atoms with E-state index in [0.29, 0.717) is 12.6 Å². The van der Waals surface area contributed by atoms with Gasteiger partial charge in [0.1, 0.15) is 0 Å². The van der Waals surface area contributed by atoms with Crippen LogP contribution in [0, 0.1) is 10.1 Å². The molecule has 0 bridgehead atoms. The maximum atomic E-state index is 10.7. The van der Waals surface area contributed by atoms with Crippen molar-refractivity contribution < 1.29 is 4.92 Å². The summed E-state index contributed by atoms with van der Waals surface area (Å²) in [6.07, 6.45) is 2.31. The molecule has 2 heterocycles. The number of likely N-dealkylation sites (tertiary alicyclic amines) is 1. The molecule has 3 rings (SSSR count). The molecule has 1 saturated heterocycles. The second-order valence-corrected chi connectivity index (χ2v) is 7.66. The lowest BCUT2D eigenvalue weighted by molar-refractivity contribution is -0.380. The van der Waals surface area contributed by atoms with Gasteiger partial charge in [0, 0.05) is 41.6 Å². The normalized spacial score (nSPS) is 18.6. The number of benzene rings is 1. The first kappa shape index (κ1) is 17.4. The lowest BCUT2D eigenvalue weighted by Crippen LogP contribution is -2.44. The van der Waals surface area contributed by atoms with Crippen molar-refractivity contribution in [2.75, 3.05) is 13.1 Å². The predicted octanol–water partition coefficient (Wildman–Crippen LogP) is 4.06. The Kier molecular flexibility index (Phi) is 5.84. The van der Waals surface area contributed by atoms with Crippen molar-refractivity contribution in [2.45, 2.75) is 32.0 Å². The van der Waals surface area contributed by atoms with Gasteiger partial charge in [-0.1, -0.05) is 35.1 Å². The van der Waals surface area contributed by atoms with Gasteiger partial charge in [0.15, 0.2) is 0 Å². The van der Waals surface area contributed by atoms with Gasteiger partial charge in [0.25, 0.3) is 0 Å². The van der Waals surface area contributed by atoms with E-state index in [2.05, 4.69) is 22.3 Å². The largest absolute Gasteiger partial charge is 0.324 e. The number of hydrogen-bond acceptors (Lipinski definition) is 5. The molecule has 1 atom stereocenters. The number of nitrogens with one attached hydrogen (secondary N) is 1. The first-order valence-electron chi connectivity index (χ1n) is 8.03. The Morgan fingerprint density at radius 2 is 2.08 bits per heavy atom. The van der Waals surface area contributed by atoms with Crippen molar-refractivity contribution in [3.63, 3.8) is 0 Å². The second-order valence-electron chi connectivity index (χ2n) is 6.08. The van der Waals surface area contributed by atoms with Crippen LogP contribution in [-0.2, 0) is 13.1 Å². The zero-order valence-corrected chi connectivity index (χ0v) is 14.9. The number of rotatable bonds is 6. The van der Waals surface area contributed by atoms with Crippen LogP contribution in [0.3, 0.4) is 0 Å². The lowest BCUT2D eigenvalue weighted by Gasteiger charge is -2.33. The molecule has 2 aromatic rings. The van der Waals surface area contributed by atoms with Crippen LogP contribution in [0.2, 0.25) is 5.02 Å². The lowest BCUT2D eigenvalue weighted by atomic mass is 10.0. The summed E-state index contributed by atoms with van der Waals surface area (Å²) in [6, 6.07) is 11.8. The van der Waals surface area contributed by atoms with Gasteiger partial charge in [-0.2, -0.15) is 0 Å². The molecular weight excluding hydrogens is 346 g/mol. The summed E-state index contributed by atoms with van der Waals surface area (Å²) in [5.41, 5.74) is 1.27. The van der Waals surface area contributed by atoms with Gasteiger partial charge in [-0.15, -0.1) is 0 Å². The summed E-state index contributed by atoms with van der Waals surface area (Å²) in [4.78, 5) is 13.9.